The molecule has 92 valence electrons. The second-order valence-electron chi connectivity index (χ2n) is 4.12. The second kappa shape index (κ2) is 6.27. The van der Waals surface area contributed by atoms with Gasteiger partial charge in [-0.25, -0.2) is 0 Å². The van der Waals surface area contributed by atoms with Gasteiger partial charge in [0, 0.05) is 12.5 Å². The third-order valence-corrected chi connectivity index (χ3v) is 2.49. The summed E-state index contributed by atoms with van der Waals surface area (Å²) < 4.78 is 0. The quantitative estimate of drug-likeness (QED) is 0.269. The van der Waals surface area contributed by atoms with Gasteiger partial charge in [0.05, 0.1) is 5.84 Å². The van der Waals surface area contributed by atoms with Gasteiger partial charge in [0.2, 0.25) is 0 Å². The Morgan fingerprint density at radius 3 is 2.62 bits per heavy atom. The highest BCUT2D eigenvalue weighted by Gasteiger charge is 2.32. The second-order valence-corrected chi connectivity index (χ2v) is 4.12. The smallest absolute Gasteiger partial charge is 0.323 e. The van der Waals surface area contributed by atoms with Crippen LogP contribution in [0.5, 0.6) is 0 Å². The molecule has 0 aliphatic rings. The van der Waals surface area contributed by atoms with E-state index in [1.54, 1.807) is 19.9 Å². The number of carboxylic acid groups (broad SMARTS) is 1. The molecular formula is C11H21N3O2. The molecule has 0 amide bonds. The van der Waals surface area contributed by atoms with E-state index < -0.39 is 11.5 Å². The number of aliphatic carboxylic acids is 1. The minimum atomic E-state index is -1.23. The van der Waals surface area contributed by atoms with Crippen LogP contribution in [0.2, 0.25) is 0 Å². The average molecular weight is 227 g/mol. The molecule has 5 N–H and O–H groups in total. The average Bonchev–Trinajstić information content (AvgIpc) is 2.16. The van der Waals surface area contributed by atoms with Crippen molar-refractivity contribution < 1.29 is 9.90 Å². The fraction of sp³-hybridized carbons (Fsp3) is 0.636. The van der Waals surface area contributed by atoms with Crippen molar-refractivity contribution in [2.45, 2.75) is 32.7 Å². The number of aliphatic imine (C=N–C) groups is 1. The van der Waals surface area contributed by atoms with Crippen molar-refractivity contribution in [3.63, 3.8) is 0 Å². The van der Waals surface area contributed by atoms with Crippen LogP contribution in [0.3, 0.4) is 0 Å². The van der Waals surface area contributed by atoms with Gasteiger partial charge in [0.15, 0.2) is 0 Å². The zero-order chi connectivity index (χ0) is 12.8. The molecule has 5 nitrogen and oxygen atoms in total. The Kier molecular flexibility index (Phi) is 5.74. The zero-order valence-electron chi connectivity index (χ0n) is 10.1. The van der Waals surface area contributed by atoms with E-state index in [1.807, 2.05) is 6.08 Å². The van der Waals surface area contributed by atoms with Crippen molar-refractivity contribution in [3.8, 4) is 0 Å². The Hall–Kier alpha value is -1.36. The van der Waals surface area contributed by atoms with Crippen LogP contribution >= 0.6 is 0 Å². The third-order valence-electron chi connectivity index (χ3n) is 2.49. The molecule has 0 aromatic carbocycles. The van der Waals surface area contributed by atoms with E-state index >= 15 is 0 Å². The van der Waals surface area contributed by atoms with Gasteiger partial charge in [-0.1, -0.05) is 19.1 Å². The Morgan fingerprint density at radius 1 is 1.62 bits per heavy atom. The van der Waals surface area contributed by atoms with E-state index in [0.29, 0.717) is 12.4 Å². The summed E-state index contributed by atoms with van der Waals surface area (Å²) in [5.41, 5.74) is 9.81. The number of nitrogens with zero attached hydrogens (tertiary/aromatic N) is 1. The molecule has 0 heterocycles. The summed E-state index contributed by atoms with van der Waals surface area (Å²) >= 11 is 0. The third kappa shape index (κ3) is 4.93. The van der Waals surface area contributed by atoms with Crippen LogP contribution in [-0.4, -0.2) is 29.0 Å². The lowest BCUT2D eigenvalue weighted by Gasteiger charge is -2.24. The molecule has 0 aliphatic heterocycles. The van der Waals surface area contributed by atoms with E-state index in [1.165, 1.54) is 6.92 Å². The molecule has 0 aromatic heterocycles. The summed E-state index contributed by atoms with van der Waals surface area (Å²) in [6.07, 6.45) is 4.41. The molecule has 0 aromatic rings. The van der Waals surface area contributed by atoms with Gasteiger partial charge in [-0.3, -0.25) is 9.79 Å². The van der Waals surface area contributed by atoms with Crippen LogP contribution < -0.4 is 11.5 Å². The summed E-state index contributed by atoms with van der Waals surface area (Å²) in [6, 6.07) is 0. The topological polar surface area (TPSA) is 102 Å². The number of hydrogen-bond acceptors (Lipinski definition) is 3. The summed E-state index contributed by atoms with van der Waals surface area (Å²) in [5, 5.41) is 8.89. The van der Waals surface area contributed by atoms with Gasteiger partial charge in [0.1, 0.15) is 5.54 Å². The minimum absolute atomic E-state index is 0.229. The summed E-state index contributed by atoms with van der Waals surface area (Å²) in [7, 11) is 0. The maximum Gasteiger partial charge on any atom is 0.323 e. The van der Waals surface area contributed by atoms with Crippen LogP contribution in [0.4, 0.5) is 0 Å². The SMILES string of the molecule is CC(N)=NCC/C=C/C(C)C(C)(N)C(=O)O. The number of carbonyl (C=O) groups is 1. The van der Waals surface area contributed by atoms with Crippen molar-refractivity contribution in [1.29, 1.82) is 0 Å². The minimum Gasteiger partial charge on any atom is -0.480 e. The van der Waals surface area contributed by atoms with Crippen LogP contribution in [-0.2, 0) is 4.79 Å². The zero-order valence-corrected chi connectivity index (χ0v) is 10.1. The number of rotatable bonds is 6. The lowest BCUT2D eigenvalue weighted by Crippen LogP contribution is -2.49. The van der Waals surface area contributed by atoms with Crippen molar-refractivity contribution in [3.05, 3.63) is 12.2 Å². The van der Waals surface area contributed by atoms with Crippen molar-refractivity contribution in [1.82, 2.24) is 0 Å². The Morgan fingerprint density at radius 2 is 2.19 bits per heavy atom. The van der Waals surface area contributed by atoms with Gasteiger partial charge in [-0.15, -0.1) is 0 Å². The molecular weight excluding hydrogens is 206 g/mol. The first-order valence-electron chi connectivity index (χ1n) is 5.24. The molecule has 0 spiro atoms. The summed E-state index contributed by atoms with van der Waals surface area (Å²) in [6.45, 7) is 5.63. The van der Waals surface area contributed by atoms with Crippen LogP contribution in [0.15, 0.2) is 17.1 Å². The Bertz CT molecular complexity index is 292. The largest absolute Gasteiger partial charge is 0.480 e. The summed E-state index contributed by atoms with van der Waals surface area (Å²) in [5.74, 6) is -0.677. The predicted octanol–water partition coefficient (Wildman–Crippen LogP) is 0.748. The monoisotopic (exact) mass is 227 g/mol. The van der Waals surface area contributed by atoms with E-state index in [0.717, 1.165) is 6.42 Å². The van der Waals surface area contributed by atoms with Gasteiger partial charge in [-0.2, -0.15) is 0 Å². The van der Waals surface area contributed by atoms with E-state index in [-0.39, 0.29) is 5.92 Å². The lowest BCUT2D eigenvalue weighted by atomic mass is 9.88. The van der Waals surface area contributed by atoms with E-state index in [9.17, 15) is 4.79 Å². The molecule has 5 heteroatoms. The summed E-state index contributed by atoms with van der Waals surface area (Å²) in [4.78, 5) is 14.9. The van der Waals surface area contributed by atoms with Crippen LogP contribution in [0, 0.1) is 5.92 Å². The maximum atomic E-state index is 10.8. The van der Waals surface area contributed by atoms with Crippen molar-refractivity contribution >= 4 is 11.8 Å². The van der Waals surface area contributed by atoms with Crippen LogP contribution in [0.1, 0.15) is 27.2 Å². The first-order chi connectivity index (χ1) is 7.28. The Balaban J connectivity index is 4.15. The normalized spacial score (nSPS) is 18.4. The Labute approximate surface area is 96.2 Å². The molecule has 0 bridgehead atoms. The van der Waals surface area contributed by atoms with Crippen molar-refractivity contribution in [2.75, 3.05) is 6.54 Å². The lowest BCUT2D eigenvalue weighted by molar-refractivity contribution is -0.143. The highest BCUT2D eigenvalue weighted by Crippen LogP contribution is 2.15. The molecule has 0 aliphatic carbocycles. The number of nitrogens with two attached hydrogens (primary N) is 2. The molecule has 0 saturated carbocycles. The van der Waals surface area contributed by atoms with Crippen molar-refractivity contribution in [2.24, 2.45) is 22.4 Å². The number of hydrogen-bond donors (Lipinski definition) is 3. The van der Waals surface area contributed by atoms with E-state index in [2.05, 4.69) is 4.99 Å². The van der Waals surface area contributed by atoms with Gasteiger partial charge in [-0.05, 0) is 20.3 Å². The number of amidine groups is 1. The van der Waals surface area contributed by atoms with Gasteiger partial charge < -0.3 is 16.6 Å². The molecule has 0 radical (unpaired) electrons. The highest BCUT2D eigenvalue weighted by atomic mass is 16.4. The number of carboxylic acids is 1. The van der Waals surface area contributed by atoms with E-state index in [4.69, 9.17) is 16.6 Å². The fourth-order valence-corrected chi connectivity index (χ4v) is 1.01. The molecule has 16 heavy (non-hydrogen) atoms. The van der Waals surface area contributed by atoms with Gasteiger partial charge >= 0.3 is 5.97 Å². The molecule has 2 atom stereocenters. The first kappa shape index (κ1) is 14.6. The van der Waals surface area contributed by atoms with Crippen LogP contribution in [0.25, 0.3) is 0 Å². The molecule has 2 unspecified atom stereocenters. The molecule has 0 saturated heterocycles. The highest BCUT2D eigenvalue weighted by molar-refractivity contribution is 5.78. The molecule has 0 rings (SSSR count). The maximum absolute atomic E-state index is 10.8. The standard InChI is InChI=1S/C11H21N3O2/c1-8(11(3,13)10(15)16)6-4-5-7-14-9(2)12/h4,6,8H,5,7,13H2,1-3H3,(H2,12,14)(H,15,16)/b6-4+. The van der Waals surface area contributed by atoms with Gasteiger partial charge in [0.25, 0.3) is 0 Å². The first-order valence-corrected chi connectivity index (χ1v) is 5.24. The fourth-order valence-electron chi connectivity index (χ4n) is 1.01. The predicted molar refractivity (Wildman–Crippen MR) is 65.3 cm³/mol. The molecule has 0 fully saturated rings.